The lowest BCUT2D eigenvalue weighted by Gasteiger charge is -2.37. The molecule has 0 aromatic heterocycles. The molecule has 3 fully saturated rings. The molecule has 0 bridgehead atoms. The Morgan fingerprint density at radius 1 is 1.10 bits per heavy atom. The number of piperidine rings is 1. The summed E-state index contributed by atoms with van der Waals surface area (Å²) in [6.45, 7) is 5.59. The Bertz CT molecular complexity index is 709. The van der Waals surface area contributed by atoms with Crippen molar-refractivity contribution >= 4 is 35.8 Å². The third-order valence-electron chi connectivity index (χ3n) is 6.68. The molecule has 7 heteroatoms. The minimum Gasteiger partial charge on any atom is -0.378 e. The predicted octanol–water partition coefficient (Wildman–Crippen LogP) is 2.77. The van der Waals surface area contributed by atoms with Gasteiger partial charge in [0.05, 0.1) is 13.2 Å². The first kappa shape index (κ1) is 23.3. The number of nitrogens with one attached hydrogen (secondary N) is 1. The van der Waals surface area contributed by atoms with Gasteiger partial charge in [0.15, 0.2) is 5.96 Å². The lowest BCUT2D eigenvalue weighted by atomic mass is 9.95. The Balaban J connectivity index is 0.00000256. The summed E-state index contributed by atoms with van der Waals surface area (Å²) in [5.41, 5.74) is 1.80. The van der Waals surface area contributed by atoms with Crippen LogP contribution in [0.25, 0.3) is 0 Å². The zero-order chi connectivity index (χ0) is 20.1. The van der Waals surface area contributed by atoms with Crippen molar-refractivity contribution in [1.29, 1.82) is 0 Å². The highest BCUT2D eigenvalue weighted by Crippen LogP contribution is 2.47. The van der Waals surface area contributed by atoms with Crippen molar-refractivity contribution in [2.75, 3.05) is 53.0 Å². The Hall–Kier alpha value is -1.35. The van der Waals surface area contributed by atoms with Crippen LogP contribution in [0.5, 0.6) is 0 Å². The fourth-order valence-electron chi connectivity index (χ4n) is 4.60. The van der Waals surface area contributed by atoms with Crippen LogP contribution in [0.4, 0.5) is 0 Å². The Kier molecular flexibility index (Phi) is 8.39. The Labute approximate surface area is 197 Å². The second-order valence-corrected chi connectivity index (χ2v) is 8.76. The number of carbonyl (C=O) groups is 1. The van der Waals surface area contributed by atoms with E-state index >= 15 is 0 Å². The summed E-state index contributed by atoms with van der Waals surface area (Å²) in [6.07, 6.45) is 5.51. The molecule has 0 atom stereocenters. The van der Waals surface area contributed by atoms with Gasteiger partial charge in [0, 0.05) is 45.7 Å². The number of amides is 1. The standard InChI is InChI=1S/C23H34N4O2.HI/c1-24-22(25-18-23(9-10-23)17-19-5-3-2-4-6-19)27-11-7-20(8-12-27)21(28)26-13-15-29-16-14-26;/h2-6,20H,7-18H2,1H3,(H,24,25);1H. The summed E-state index contributed by atoms with van der Waals surface area (Å²) in [7, 11) is 1.87. The van der Waals surface area contributed by atoms with Crippen molar-refractivity contribution in [2.45, 2.75) is 32.1 Å². The van der Waals surface area contributed by atoms with Crippen LogP contribution in [0.1, 0.15) is 31.2 Å². The molecule has 1 amide bonds. The second kappa shape index (κ2) is 10.8. The van der Waals surface area contributed by atoms with Crippen LogP contribution in [0.3, 0.4) is 0 Å². The first-order valence-electron chi connectivity index (χ1n) is 11.1. The molecule has 1 aliphatic carbocycles. The van der Waals surface area contributed by atoms with E-state index in [-0.39, 0.29) is 29.9 Å². The van der Waals surface area contributed by atoms with Crippen LogP contribution in [0, 0.1) is 11.3 Å². The third-order valence-corrected chi connectivity index (χ3v) is 6.68. The summed E-state index contributed by atoms with van der Waals surface area (Å²) in [6, 6.07) is 10.8. The van der Waals surface area contributed by atoms with Crippen LogP contribution in [-0.4, -0.2) is 74.7 Å². The largest absolute Gasteiger partial charge is 0.378 e. The van der Waals surface area contributed by atoms with Gasteiger partial charge in [-0.15, -0.1) is 24.0 Å². The number of aliphatic imine (C=N–C) groups is 1. The monoisotopic (exact) mass is 526 g/mol. The molecule has 166 valence electrons. The van der Waals surface area contributed by atoms with E-state index in [0.717, 1.165) is 57.9 Å². The number of carbonyl (C=O) groups excluding carboxylic acids is 1. The van der Waals surface area contributed by atoms with Gasteiger partial charge in [0.25, 0.3) is 0 Å². The molecule has 30 heavy (non-hydrogen) atoms. The lowest BCUT2D eigenvalue weighted by Crippen LogP contribution is -2.50. The first-order valence-corrected chi connectivity index (χ1v) is 11.1. The normalized spacial score (nSPS) is 21.7. The van der Waals surface area contributed by atoms with Crippen LogP contribution < -0.4 is 5.32 Å². The van der Waals surface area contributed by atoms with Crippen molar-refractivity contribution in [3.05, 3.63) is 35.9 Å². The first-order chi connectivity index (χ1) is 14.2. The van der Waals surface area contributed by atoms with Crippen LogP contribution in [0.2, 0.25) is 0 Å². The number of morpholine rings is 1. The van der Waals surface area contributed by atoms with Gasteiger partial charge in [-0.3, -0.25) is 9.79 Å². The van der Waals surface area contributed by atoms with E-state index in [1.165, 1.54) is 18.4 Å². The van der Waals surface area contributed by atoms with Crippen LogP contribution >= 0.6 is 24.0 Å². The van der Waals surface area contributed by atoms with E-state index < -0.39 is 0 Å². The average Bonchev–Trinajstić information content (AvgIpc) is 3.55. The van der Waals surface area contributed by atoms with Crippen molar-refractivity contribution in [1.82, 2.24) is 15.1 Å². The SMILES string of the molecule is CN=C(NCC1(Cc2ccccc2)CC1)N1CCC(C(=O)N2CCOCC2)CC1.I. The summed E-state index contributed by atoms with van der Waals surface area (Å²) >= 11 is 0. The average molecular weight is 526 g/mol. The molecular formula is C23H35IN4O2. The van der Waals surface area contributed by atoms with Crippen molar-refractivity contribution in [2.24, 2.45) is 16.3 Å². The molecule has 1 aromatic rings. The van der Waals surface area contributed by atoms with E-state index in [4.69, 9.17) is 4.74 Å². The van der Waals surface area contributed by atoms with Crippen molar-refractivity contribution in [3.63, 3.8) is 0 Å². The quantitative estimate of drug-likeness (QED) is 0.365. The van der Waals surface area contributed by atoms with E-state index in [1.54, 1.807) is 0 Å². The molecule has 1 saturated carbocycles. The maximum absolute atomic E-state index is 12.7. The Morgan fingerprint density at radius 2 is 1.77 bits per heavy atom. The minimum atomic E-state index is 0. The number of likely N-dealkylation sites (tertiary alicyclic amines) is 1. The number of rotatable bonds is 5. The van der Waals surface area contributed by atoms with E-state index in [1.807, 2.05) is 11.9 Å². The number of halogens is 1. The number of benzene rings is 1. The summed E-state index contributed by atoms with van der Waals surface area (Å²) in [5.74, 6) is 1.45. The molecule has 0 spiro atoms. The maximum Gasteiger partial charge on any atom is 0.225 e. The fourth-order valence-corrected chi connectivity index (χ4v) is 4.60. The molecule has 2 aliphatic heterocycles. The molecule has 1 aromatic carbocycles. The van der Waals surface area contributed by atoms with Gasteiger partial charge in [-0.25, -0.2) is 0 Å². The molecule has 1 N–H and O–H groups in total. The molecule has 2 heterocycles. The zero-order valence-electron chi connectivity index (χ0n) is 18.0. The van der Waals surface area contributed by atoms with Gasteiger partial charge in [-0.05, 0) is 43.1 Å². The van der Waals surface area contributed by atoms with Gasteiger partial charge in [-0.1, -0.05) is 30.3 Å². The van der Waals surface area contributed by atoms with Gasteiger partial charge in [0.2, 0.25) is 5.91 Å². The summed E-state index contributed by atoms with van der Waals surface area (Å²) in [4.78, 5) is 21.6. The third kappa shape index (κ3) is 5.87. The number of ether oxygens (including phenoxy) is 1. The number of hydrogen-bond donors (Lipinski definition) is 1. The Morgan fingerprint density at radius 3 is 2.37 bits per heavy atom. The molecule has 2 saturated heterocycles. The molecule has 3 aliphatic rings. The zero-order valence-corrected chi connectivity index (χ0v) is 20.3. The van der Waals surface area contributed by atoms with Gasteiger partial charge in [-0.2, -0.15) is 0 Å². The minimum absolute atomic E-state index is 0. The highest BCUT2D eigenvalue weighted by Gasteiger charge is 2.42. The second-order valence-electron chi connectivity index (χ2n) is 8.76. The molecule has 4 rings (SSSR count). The summed E-state index contributed by atoms with van der Waals surface area (Å²) < 4.78 is 5.37. The van der Waals surface area contributed by atoms with Crippen molar-refractivity contribution < 1.29 is 9.53 Å². The van der Waals surface area contributed by atoms with Crippen LogP contribution in [0.15, 0.2) is 35.3 Å². The number of hydrogen-bond acceptors (Lipinski definition) is 3. The molecular weight excluding hydrogens is 491 g/mol. The maximum atomic E-state index is 12.7. The van der Waals surface area contributed by atoms with Crippen LogP contribution in [-0.2, 0) is 16.0 Å². The number of guanidine groups is 1. The van der Waals surface area contributed by atoms with Gasteiger partial charge >= 0.3 is 0 Å². The highest BCUT2D eigenvalue weighted by atomic mass is 127. The fraction of sp³-hybridized carbons (Fsp3) is 0.652. The molecule has 0 radical (unpaired) electrons. The van der Waals surface area contributed by atoms with E-state index in [0.29, 0.717) is 24.5 Å². The highest BCUT2D eigenvalue weighted by molar-refractivity contribution is 14.0. The van der Waals surface area contributed by atoms with Gasteiger partial charge < -0.3 is 19.9 Å². The van der Waals surface area contributed by atoms with Gasteiger partial charge in [0.1, 0.15) is 0 Å². The lowest BCUT2D eigenvalue weighted by molar-refractivity contribution is -0.140. The van der Waals surface area contributed by atoms with E-state index in [9.17, 15) is 4.79 Å². The number of nitrogens with zero attached hydrogens (tertiary/aromatic N) is 3. The topological polar surface area (TPSA) is 57.2 Å². The molecule has 0 unspecified atom stereocenters. The van der Waals surface area contributed by atoms with Crippen molar-refractivity contribution in [3.8, 4) is 0 Å². The smallest absolute Gasteiger partial charge is 0.225 e. The van der Waals surface area contributed by atoms with E-state index in [2.05, 4.69) is 45.5 Å². The molecule has 6 nitrogen and oxygen atoms in total. The summed E-state index contributed by atoms with van der Waals surface area (Å²) in [5, 5.41) is 3.63. The predicted molar refractivity (Wildman–Crippen MR) is 130 cm³/mol.